The molecule has 2 atom stereocenters. The van der Waals surface area contributed by atoms with Crippen LogP contribution in [0.25, 0.3) is 0 Å². The SMILES string of the molecule is COc1ccc(COC(=O)N[C@@H]2C(NOCCO)=NC[C@H]2c2ccc(Cl)cc2)cc1. The van der Waals surface area contributed by atoms with Gasteiger partial charge in [-0.15, -0.1) is 0 Å². The van der Waals surface area contributed by atoms with Crippen molar-refractivity contribution in [2.45, 2.75) is 18.6 Å². The predicted molar refractivity (Wildman–Crippen MR) is 113 cm³/mol. The second-order valence-electron chi connectivity index (χ2n) is 6.60. The summed E-state index contributed by atoms with van der Waals surface area (Å²) in [7, 11) is 1.59. The van der Waals surface area contributed by atoms with Crippen LogP contribution in [0, 0.1) is 0 Å². The van der Waals surface area contributed by atoms with Crippen LogP contribution in [-0.4, -0.2) is 49.9 Å². The van der Waals surface area contributed by atoms with Gasteiger partial charge in [0.25, 0.3) is 0 Å². The van der Waals surface area contributed by atoms with E-state index in [0.717, 1.165) is 16.9 Å². The van der Waals surface area contributed by atoms with Crippen molar-refractivity contribution in [2.75, 3.05) is 26.9 Å². The molecule has 0 aromatic heterocycles. The number of alkyl carbamates (subject to hydrolysis) is 1. The van der Waals surface area contributed by atoms with Gasteiger partial charge in [0.05, 0.1) is 26.9 Å². The first kappa shape index (κ1) is 21.9. The van der Waals surface area contributed by atoms with Crippen LogP contribution in [0.2, 0.25) is 5.02 Å². The molecule has 3 N–H and O–H groups in total. The highest BCUT2D eigenvalue weighted by molar-refractivity contribution is 6.30. The Morgan fingerprint density at radius 3 is 2.60 bits per heavy atom. The molecule has 0 fully saturated rings. The van der Waals surface area contributed by atoms with Gasteiger partial charge in [-0.25, -0.2) is 4.79 Å². The van der Waals surface area contributed by atoms with Crippen molar-refractivity contribution in [3.05, 3.63) is 64.7 Å². The Hall–Kier alpha value is -2.81. The number of halogens is 1. The van der Waals surface area contributed by atoms with Crippen molar-refractivity contribution in [3.63, 3.8) is 0 Å². The number of aliphatic hydroxyl groups excluding tert-OH is 1. The number of ether oxygens (including phenoxy) is 2. The first-order valence-electron chi connectivity index (χ1n) is 9.45. The lowest BCUT2D eigenvalue weighted by Gasteiger charge is -2.23. The van der Waals surface area contributed by atoms with E-state index in [1.807, 2.05) is 24.3 Å². The van der Waals surface area contributed by atoms with E-state index in [-0.39, 0.29) is 25.7 Å². The number of amides is 1. The van der Waals surface area contributed by atoms with Crippen LogP contribution < -0.4 is 15.5 Å². The topological polar surface area (TPSA) is 101 Å². The highest BCUT2D eigenvalue weighted by Gasteiger charge is 2.34. The number of aliphatic imine (C=N–C) groups is 1. The fourth-order valence-electron chi connectivity index (χ4n) is 3.07. The van der Waals surface area contributed by atoms with Crippen molar-refractivity contribution in [3.8, 4) is 5.75 Å². The quantitative estimate of drug-likeness (QED) is 0.437. The molecule has 1 amide bonds. The number of nitrogens with one attached hydrogen (secondary N) is 2. The molecule has 8 nitrogen and oxygen atoms in total. The summed E-state index contributed by atoms with van der Waals surface area (Å²) in [4.78, 5) is 22.1. The van der Waals surface area contributed by atoms with Gasteiger partial charge < -0.3 is 19.9 Å². The molecule has 1 aliphatic rings. The van der Waals surface area contributed by atoms with Gasteiger partial charge in [-0.1, -0.05) is 35.9 Å². The zero-order valence-electron chi connectivity index (χ0n) is 16.5. The Bertz CT molecular complexity index is 858. The maximum absolute atomic E-state index is 12.5. The summed E-state index contributed by atoms with van der Waals surface area (Å²) < 4.78 is 10.5. The van der Waals surface area contributed by atoms with Gasteiger partial charge in [0.1, 0.15) is 24.2 Å². The molecule has 3 rings (SSSR count). The summed E-state index contributed by atoms with van der Waals surface area (Å²) in [6.45, 7) is 0.535. The Balaban J connectivity index is 1.64. The molecule has 1 heterocycles. The summed E-state index contributed by atoms with van der Waals surface area (Å²) >= 11 is 5.99. The van der Waals surface area contributed by atoms with Gasteiger partial charge in [-0.05, 0) is 35.4 Å². The minimum Gasteiger partial charge on any atom is -0.497 e. The average Bonchev–Trinajstić information content (AvgIpc) is 3.15. The molecule has 0 bridgehead atoms. The highest BCUT2D eigenvalue weighted by Crippen LogP contribution is 2.27. The molecular formula is C21H24ClN3O5. The monoisotopic (exact) mass is 433 g/mol. The summed E-state index contributed by atoms with van der Waals surface area (Å²) in [5.74, 6) is 1.08. The van der Waals surface area contributed by atoms with Gasteiger partial charge in [-0.3, -0.25) is 15.3 Å². The molecule has 0 unspecified atom stereocenters. The molecule has 0 saturated carbocycles. The van der Waals surface area contributed by atoms with Crippen LogP contribution in [0.5, 0.6) is 5.75 Å². The lowest BCUT2D eigenvalue weighted by Crippen LogP contribution is -2.48. The van der Waals surface area contributed by atoms with Gasteiger partial charge in [-0.2, -0.15) is 0 Å². The van der Waals surface area contributed by atoms with E-state index in [2.05, 4.69) is 15.8 Å². The van der Waals surface area contributed by atoms with Crippen molar-refractivity contribution >= 4 is 23.5 Å². The molecular weight excluding hydrogens is 410 g/mol. The van der Waals surface area contributed by atoms with Crippen LogP contribution in [0.1, 0.15) is 17.0 Å². The minimum absolute atomic E-state index is 0.0965. The zero-order valence-corrected chi connectivity index (χ0v) is 17.3. The molecule has 0 spiro atoms. The van der Waals surface area contributed by atoms with E-state index >= 15 is 0 Å². The third kappa shape index (κ3) is 5.85. The first-order valence-corrected chi connectivity index (χ1v) is 9.83. The van der Waals surface area contributed by atoms with E-state index in [0.29, 0.717) is 17.4 Å². The molecule has 160 valence electrons. The lowest BCUT2D eigenvalue weighted by atomic mass is 9.93. The Labute approximate surface area is 179 Å². The van der Waals surface area contributed by atoms with E-state index in [4.69, 9.17) is 31.0 Å². The third-order valence-corrected chi connectivity index (χ3v) is 4.88. The van der Waals surface area contributed by atoms with Crippen molar-refractivity contribution in [1.29, 1.82) is 0 Å². The van der Waals surface area contributed by atoms with Crippen LogP contribution in [0.3, 0.4) is 0 Å². The second kappa shape index (κ2) is 10.8. The largest absolute Gasteiger partial charge is 0.497 e. The second-order valence-corrected chi connectivity index (χ2v) is 7.04. The molecule has 0 radical (unpaired) electrons. The van der Waals surface area contributed by atoms with E-state index in [1.54, 1.807) is 31.4 Å². The number of hydrogen-bond acceptors (Lipinski definition) is 7. The molecule has 1 aliphatic heterocycles. The fraction of sp³-hybridized carbons (Fsp3) is 0.333. The van der Waals surface area contributed by atoms with Crippen LogP contribution in [0.4, 0.5) is 4.79 Å². The molecule has 2 aromatic rings. The number of amidine groups is 1. The van der Waals surface area contributed by atoms with Crippen LogP contribution >= 0.6 is 11.6 Å². The Morgan fingerprint density at radius 1 is 1.20 bits per heavy atom. The number of aliphatic hydroxyl groups is 1. The third-order valence-electron chi connectivity index (χ3n) is 4.63. The van der Waals surface area contributed by atoms with Crippen LogP contribution in [0.15, 0.2) is 53.5 Å². The minimum atomic E-state index is -0.576. The van der Waals surface area contributed by atoms with Crippen molar-refractivity contribution in [2.24, 2.45) is 4.99 Å². The van der Waals surface area contributed by atoms with Crippen molar-refractivity contribution in [1.82, 2.24) is 10.8 Å². The number of hydrogen-bond donors (Lipinski definition) is 3. The lowest BCUT2D eigenvalue weighted by molar-refractivity contribution is 0.0514. The smallest absolute Gasteiger partial charge is 0.408 e. The molecule has 30 heavy (non-hydrogen) atoms. The first-order chi connectivity index (χ1) is 14.6. The molecule has 2 aromatic carbocycles. The van der Waals surface area contributed by atoms with Gasteiger partial charge in [0, 0.05) is 10.9 Å². The zero-order chi connectivity index (χ0) is 21.3. The molecule has 0 aliphatic carbocycles. The fourth-order valence-corrected chi connectivity index (χ4v) is 3.20. The summed E-state index contributed by atoms with van der Waals surface area (Å²) in [6.07, 6.45) is -0.576. The summed E-state index contributed by atoms with van der Waals surface area (Å²) in [5.41, 5.74) is 4.53. The standard InChI is InChI=1S/C21H24ClN3O5/c1-28-17-8-2-14(3-9-17)13-29-21(27)24-19-18(15-4-6-16(22)7-5-15)12-23-20(19)25-30-11-10-26/h2-9,18-19,26H,10-13H2,1H3,(H,23,25)(H,24,27)/t18-,19-/m0/s1. The van der Waals surface area contributed by atoms with Crippen LogP contribution in [-0.2, 0) is 16.2 Å². The Morgan fingerprint density at radius 2 is 1.93 bits per heavy atom. The van der Waals surface area contributed by atoms with E-state index in [1.165, 1.54) is 0 Å². The van der Waals surface area contributed by atoms with E-state index in [9.17, 15) is 4.79 Å². The highest BCUT2D eigenvalue weighted by atomic mass is 35.5. The number of carbonyl (C=O) groups is 1. The van der Waals surface area contributed by atoms with Crippen molar-refractivity contribution < 1.29 is 24.2 Å². The maximum atomic E-state index is 12.5. The summed E-state index contributed by atoms with van der Waals surface area (Å²) in [6, 6.07) is 14.2. The summed E-state index contributed by atoms with van der Waals surface area (Å²) in [5, 5.41) is 12.4. The predicted octanol–water partition coefficient (Wildman–Crippen LogP) is 2.65. The number of benzene rings is 2. The number of nitrogens with zero attached hydrogens (tertiary/aromatic N) is 1. The number of hydroxylamine groups is 1. The van der Waals surface area contributed by atoms with Gasteiger partial charge in [0.2, 0.25) is 0 Å². The normalized spacial score (nSPS) is 17.9. The average molecular weight is 434 g/mol. The Kier molecular flexibility index (Phi) is 7.89. The maximum Gasteiger partial charge on any atom is 0.408 e. The number of methoxy groups -OCH3 is 1. The van der Waals surface area contributed by atoms with E-state index < -0.39 is 12.1 Å². The number of rotatable bonds is 8. The van der Waals surface area contributed by atoms with Gasteiger partial charge >= 0.3 is 6.09 Å². The number of carbonyl (C=O) groups excluding carboxylic acids is 1. The van der Waals surface area contributed by atoms with Gasteiger partial charge in [0.15, 0.2) is 0 Å². The molecule has 9 heteroatoms. The molecule has 0 saturated heterocycles.